The summed E-state index contributed by atoms with van der Waals surface area (Å²) in [5.74, 6) is -0.177. The van der Waals surface area contributed by atoms with Crippen LogP contribution >= 0.6 is 0 Å². The number of carbonyl (C=O) groups is 2. The number of carbonyl (C=O) groups excluding carboxylic acids is 2. The molecule has 0 heterocycles. The molecular weight excluding hydrogens is 388 g/mol. The molecule has 1 atom stereocenters. The molecule has 2 rings (SSSR count). The minimum atomic E-state index is -0.962. The van der Waals surface area contributed by atoms with Crippen LogP contribution in [-0.2, 0) is 19.1 Å². The largest absolute Gasteiger partial charge is 0.493 e. The van der Waals surface area contributed by atoms with Gasteiger partial charge >= 0.3 is 11.9 Å². The van der Waals surface area contributed by atoms with E-state index in [1.165, 1.54) is 26.4 Å². The summed E-state index contributed by atoms with van der Waals surface area (Å²) in [5.41, 5.74) is 1.54. The Morgan fingerprint density at radius 2 is 1.57 bits per heavy atom. The van der Waals surface area contributed by atoms with Gasteiger partial charge in [0.05, 0.1) is 20.8 Å². The molecule has 2 aromatic carbocycles. The summed E-state index contributed by atoms with van der Waals surface area (Å²) in [7, 11) is 3.05. The lowest BCUT2D eigenvalue weighted by molar-refractivity contribution is -0.154. The molecule has 1 unspecified atom stereocenters. The molecule has 0 aliphatic heterocycles. The number of hydrogen-bond acceptors (Lipinski definition) is 7. The average molecular weight is 412 g/mol. The van der Waals surface area contributed by atoms with Crippen molar-refractivity contribution in [3.05, 3.63) is 71.8 Å². The SMILES string of the molecule is COc1ccc(/C=C/C(=O)OCC(CO)OC(=O)/C=C/c2ccccc2)cc1OC. The topological polar surface area (TPSA) is 91.3 Å². The van der Waals surface area contributed by atoms with Crippen LogP contribution in [0, 0.1) is 0 Å². The first-order chi connectivity index (χ1) is 14.5. The van der Waals surface area contributed by atoms with Gasteiger partial charge in [-0.15, -0.1) is 0 Å². The van der Waals surface area contributed by atoms with Crippen LogP contribution in [0.1, 0.15) is 11.1 Å². The van der Waals surface area contributed by atoms with Crippen molar-refractivity contribution in [3.8, 4) is 11.5 Å². The van der Waals surface area contributed by atoms with Crippen LogP contribution in [0.25, 0.3) is 12.2 Å². The van der Waals surface area contributed by atoms with E-state index in [0.29, 0.717) is 17.1 Å². The molecule has 0 radical (unpaired) electrons. The Bertz CT molecular complexity index is 888. The van der Waals surface area contributed by atoms with Gasteiger partial charge < -0.3 is 24.1 Å². The van der Waals surface area contributed by atoms with E-state index >= 15 is 0 Å². The highest BCUT2D eigenvalue weighted by atomic mass is 16.6. The number of hydrogen-bond donors (Lipinski definition) is 1. The van der Waals surface area contributed by atoms with Crippen LogP contribution in [0.5, 0.6) is 11.5 Å². The van der Waals surface area contributed by atoms with Crippen LogP contribution < -0.4 is 9.47 Å². The van der Waals surface area contributed by atoms with Crippen molar-refractivity contribution < 1.29 is 33.6 Å². The standard InChI is InChI=1S/C23H24O7/c1-27-20-11-8-18(14-21(20)28-2)10-12-22(25)29-16-19(15-24)30-23(26)13-9-17-6-4-3-5-7-17/h3-14,19,24H,15-16H2,1-2H3/b12-10+,13-9+. The minimum absolute atomic E-state index is 0.267. The van der Waals surface area contributed by atoms with Gasteiger partial charge in [-0.25, -0.2) is 9.59 Å². The molecule has 0 saturated carbocycles. The van der Waals surface area contributed by atoms with E-state index in [4.69, 9.17) is 18.9 Å². The third-order valence-corrected chi connectivity index (χ3v) is 3.93. The maximum absolute atomic E-state index is 11.9. The van der Waals surface area contributed by atoms with Crippen LogP contribution in [0.4, 0.5) is 0 Å². The Balaban J connectivity index is 1.84. The van der Waals surface area contributed by atoms with Gasteiger partial charge in [0.25, 0.3) is 0 Å². The summed E-state index contributed by atoms with van der Waals surface area (Å²) in [6.45, 7) is -0.742. The van der Waals surface area contributed by atoms with E-state index in [0.717, 1.165) is 5.56 Å². The fraction of sp³-hybridized carbons (Fsp3) is 0.217. The van der Waals surface area contributed by atoms with Crippen LogP contribution in [0.15, 0.2) is 60.7 Å². The van der Waals surface area contributed by atoms with E-state index in [1.54, 1.807) is 30.4 Å². The molecular formula is C23H24O7. The Morgan fingerprint density at radius 1 is 0.900 bits per heavy atom. The molecule has 0 spiro atoms. The summed E-state index contributed by atoms with van der Waals surface area (Å²) in [5, 5.41) is 9.35. The zero-order chi connectivity index (χ0) is 21.8. The number of ether oxygens (including phenoxy) is 4. The maximum Gasteiger partial charge on any atom is 0.331 e. The summed E-state index contributed by atoms with van der Waals surface area (Å²) in [4.78, 5) is 23.8. The van der Waals surface area contributed by atoms with Gasteiger partial charge in [-0.1, -0.05) is 36.4 Å². The van der Waals surface area contributed by atoms with Gasteiger partial charge in [-0.2, -0.15) is 0 Å². The lowest BCUT2D eigenvalue weighted by Crippen LogP contribution is -2.27. The third kappa shape index (κ3) is 7.44. The smallest absolute Gasteiger partial charge is 0.331 e. The van der Waals surface area contributed by atoms with E-state index < -0.39 is 24.6 Å². The highest BCUT2D eigenvalue weighted by Crippen LogP contribution is 2.27. The van der Waals surface area contributed by atoms with Crippen LogP contribution in [-0.4, -0.2) is 50.6 Å². The van der Waals surface area contributed by atoms with Crippen molar-refractivity contribution in [2.45, 2.75) is 6.10 Å². The molecule has 0 aromatic heterocycles. The first-order valence-electron chi connectivity index (χ1n) is 9.17. The average Bonchev–Trinajstić information content (AvgIpc) is 2.79. The van der Waals surface area contributed by atoms with Crippen molar-refractivity contribution >= 4 is 24.1 Å². The molecule has 1 N–H and O–H groups in total. The molecule has 0 fully saturated rings. The maximum atomic E-state index is 11.9. The molecule has 7 nitrogen and oxygen atoms in total. The summed E-state index contributed by atoms with van der Waals surface area (Å²) >= 11 is 0. The number of aliphatic hydroxyl groups is 1. The van der Waals surface area contributed by atoms with Crippen molar-refractivity contribution in [3.63, 3.8) is 0 Å². The van der Waals surface area contributed by atoms with Crippen molar-refractivity contribution in [1.29, 1.82) is 0 Å². The lowest BCUT2D eigenvalue weighted by Gasteiger charge is -2.13. The van der Waals surface area contributed by atoms with Crippen LogP contribution in [0.3, 0.4) is 0 Å². The molecule has 0 aliphatic carbocycles. The fourth-order valence-electron chi connectivity index (χ4n) is 2.40. The lowest BCUT2D eigenvalue weighted by atomic mass is 10.2. The molecule has 158 valence electrons. The molecule has 0 aliphatic rings. The normalized spacial score (nSPS) is 12.0. The van der Waals surface area contributed by atoms with E-state index in [-0.39, 0.29) is 6.61 Å². The molecule has 0 amide bonds. The minimum Gasteiger partial charge on any atom is -0.493 e. The van der Waals surface area contributed by atoms with Gasteiger partial charge in [-0.05, 0) is 35.4 Å². The van der Waals surface area contributed by atoms with Gasteiger partial charge in [0.2, 0.25) is 0 Å². The molecule has 7 heteroatoms. The highest BCUT2D eigenvalue weighted by molar-refractivity contribution is 5.88. The van der Waals surface area contributed by atoms with Crippen molar-refractivity contribution in [1.82, 2.24) is 0 Å². The molecule has 30 heavy (non-hydrogen) atoms. The monoisotopic (exact) mass is 412 g/mol. The summed E-state index contributed by atoms with van der Waals surface area (Å²) in [6.07, 6.45) is 4.65. The highest BCUT2D eigenvalue weighted by Gasteiger charge is 2.14. The van der Waals surface area contributed by atoms with Gasteiger partial charge in [0.1, 0.15) is 6.61 Å². The number of rotatable bonds is 10. The zero-order valence-electron chi connectivity index (χ0n) is 16.8. The number of aliphatic hydroxyl groups excluding tert-OH is 1. The first kappa shape index (κ1) is 22.7. The van der Waals surface area contributed by atoms with E-state index in [1.807, 2.05) is 30.3 Å². The van der Waals surface area contributed by atoms with Crippen molar-refractivity contribution in [2.24, 2.45) is 0 Å². The molecule has 2 aromatic rings. The second-order valence-corrected chi connectivity index (χ2v) is 6.06. The number of benzene rings is 2. The number of esters is 2. The second-order valence-electron chi connectivity index (χ2n) is 6.06. The summed E-state index contributed by atoms with van der Waals surface area (Å²) < 4.78 is 20.5. The van der Waals surface area contributed by atoms with Crippen molar-refractivity contribution in [2.75, 3.05) is 27.4 Å². The zero-order valence-corrected chi connectivity index (χ0v) is 16.8. The fourth-order valence-corrected chi connectivity index (χ4v) is 2.40. The Kier molecular flexibility index (Phi) is 9.15. The first-order valence-corrected chi connectivity index (χ1v) is 9.17. The third-order valence-electron chi connectivity index (χ3n) is 3.93. The van der Waals surface area contributed by atoms with Gasteiger partial charge in [-0.3, -0.25) is 0 Å². The van der Waals surface area contributed by atoms with E-state index in [9.17, 15) is 14.7 Å². The molecule has 0 bridgehead atoms. The Hall–Kier alpha value is -3.58. The Labute approximate surface area is 175 Å². The Morgan fingerprint density at radius 3 is 2.23 bits per heavy atom. The summed E-state index contributed by atoms with van der Waals surface area (Å²) in [6, 6.07) is 14.4. The van der Waals surface area contributed by atoms with Gasteiger partial charge in [0, 0.05) is 12.2 Å². The van der Waals surface area contributed by atoms with E-state index in [2.05, 4.69) is 0 Å². The van der Waals surface area contributed by atoms with Gasteiger partial charge in [0.15, 0.2) is 17.6 Å². The van der Waals surface area contributed by atoms with Crippen LogP contribution in [0.2, 0.25) is 0 Å². The molecule has 0 saturated heterocycles. The number of methoxy groups -OCH3 is 2. The predicted octanol–water partition coefficient (Wildman–Crippen LogP) is 2.88. The quantitative estimate of drug-likeness (QED) is 0.474. The second kappa shape index (κ2) is 12.1. The predicted molar refractivity (Wildman–Crippen MR) is 112 cm³/mol.